The average Bonchev–Trinajstić information content (AvgIpc) is 3.53. The molecule has 1 N–H and O–H groups in total. The zero-order valence-electron chi connectivity index (χ0n) is 18.8. The third-order valence-electron chi connectivity index (χ3n) is 5.23. The van der Waals surface area contributed by atoms with Crippen LogP contribution in [-0.2, 0) is 14.6 Å². The first-order valence-corrected chi connectivity index (χ1v) is 14.0. The average molecular weight is 552 g/mol. The molecule has 5 rings (SSSR count). The summed E-state index contributed by atoms with van der Waals surface area (Å²) in [6.07, 6.45) is 1.15. The molecular formula is C24H17N5O5S3. The first kappa shape index (κ1) is 24.6. The number of rotatable bonds is 8. The molecule has 5 aromatic rings. The van der Waals surface area contributed by atoms with Crippen molar-refractivity contribution in [3.63, 3.8) is 0 Å². The highest BCUT2D eigenvalue weighted by atomic mass is 32.2. The van der Waals surface area contributed by atoms with Crippen LogP contribution in [0.15, 0.2) is 99.3 Å². The van der Waals surface area contributed by atoms with E-state index in [1.165, 1.54) is 23.9 Å². The van der Waals surface area contributed by atoms with Gasteiger partial charge >= 0.3 is 0 Å². The van der Waals surface area contributed by atoms with Crippen molar-refractivity contribution in [2.45, 2.75) is 14.3 Å². The maximum atomic E-state index is 12.9. The number of para-hydroxylation sites is 3. The maximum Gasteiger partial charge on any atom is 0.269 e. The van der Waals surface area contributed by atoms with E-state index in [-0.39, 0.29) is 31.6 Å². The molecule has 10 nitrogen and oxygen atoms in total. The molecule has 2 heterocycles. The van der Waals surface area contributed by atoms with Gasteiger partial charge < -0.3 is 5.32 Å². The van der Waals surface area contributed by atoms with Crippen molar-refractivity contribution < 1.29 is 18.1 Å². The molecule has 0 atom stereocenters. The lowest BCUT2D eigenvalue weighted by Crippen LogP contribution is -2.14. The standard InChI is InChI=1S/C24H17N5O5S3/c30-21(15-35-24-26-19-8-4-5-9-20(19)28(24)16-6-2-1-3-7-16)27-23-25-14-22(36-23)37(33,34)18-12-10-17(11-13-18)29(31)32/h1-14H,15H2,(H,25,27,30). The molecule has 37 heavy (non-hydrogen) atoms. The largest absolute Gasteiger partial charge is 0.301 e. The first-order valence-electron chi connectivity index (χ1n) is 10.7. The van der Waals surface area contributed by atoms with E-state index in [1.807, 2.05) is 59.2 Å². The summed E-state index contributed by atoms with van der Waals surface area (Å²) in [7, 11) is -3.94. The maximum absolute atomic E-state index is 12.9. The Hall–Kier alpha value is -4.07. The van der Waals surface area contributed by atoms with Gasteiger partial charge in [-0.25, -0.2) is 18.4 Å². The van der Waals surface area contributed by atoms with E-state index in [2.05, 4.69) is 15.3 Å². The molecule has 0 radical (unpaired) electrons. The fourth-order valence-corrected chi connectivity index (χ4v) is 6.79. The lowest BCUT2D eigenvalue weighted by molar-refractivity contribution is -0.384. The van der Waals surface area contributed by atoms with Crippen molar-refractivity contribution in [1.29, 1.82) is 0 Å². The summed E-state index contributed by atoms with van der Waals surface area (Å²) < 4.78 is 27.6. The van der Waals surface area contributed by atoms with Crippen LogP contribution in [0.5, 0.6) is 0 Å². The number of nitro groups is 1. The highest BCUT2D eigenvalue weighted by Crippen LogP contribution is 2.31. The van der Waals surface area contributed by atoms with E-state index < -0.39 is 14.8 Å². The van der Waals surface area contributed by atoms with Gasteiger partial charge in [0, 0.05) is 17.8 Å². The number of fused-ring (bicyclic) bond motifs is 1. The summed E-state index contributed by atoms with van der Waals surface area (Å²) in [6, 6.07) is 22.0. The van der Waals surface area contributed by atoms with Crippen molar-refractivity contribution in [2.75, 3.05) is 11.1 Å². The van der Waals surface area contributed by atoms with Gasteiger partial charge in [0.15, 0.2) is 10.3 Å². The molecule has 0 saturated heterocycles. The number of benzene rings is 3. The van der Waals surface area contributed by atoms with Gasteiger partial charge in [-0.05, 0) is 36.4 Å². The molecule has 0 fully saturated rings. The van der Waals surface area contributed by atoms with Crippen LogP contribution < -0.4 is 5.32 Å². The van der Waals surface area contributed by atoms with Gasteiger partial charge in [0.25, 0.3) is 5.69 Å². The fourth-order valence-electron chi connectivity index (χ4n) is 3.52. The van der Waals surface area contributed by atoms with Gasteiger partial charge in [0.1, 0.15) is 4.21 Å². The molecule has 0 saturated carbocycles. The van der Waals surface area contributed by atoms with Crippen molar-refractivity contribution in [3.05, 3.63) is 95.2 Å². The second kappa shape index (κ2) is 10.1. The molecule has 186 valence electrons. The Kier molecular flexibility index (Phi) is 6.74. The molecule has 0 aliphatic heterocycles. The summed E-state index contributed by atoms with van der Waals surface area (Å²) >= 11 is 2.06. The predicted molar refractivity (Wildman–Crippen MR) is 141 cm³/mol. The summed E-state index contributed by atoms with van der Waals surface area (Å²) in [6.45, 7) is 0. The van der Waals surface area contributed by atoms with E-state index in [0.717, 1.165) is 46.4 Å². The summed E-state index contributed by atoms with van der Waals surface area (Å²) in [5.41, 5.74) is 2.42. The summed E-state index contributed by atoms with van der Waals surface area (Å²) in [4.78, 5) is 31.5. The molecule has 1 amide bonds. The second-order valence-electron chi connectivity index (χ2n) is 7.63. The molecular weight excluding hydrogens is 534 g/mol. The summed E-state index contributed by atoms with van der Waals surface area (Å²) in [5.74, 6) is -0.342. The number of amides is 1. The molecule has 0 spiro atoms. The minimum Gasteiger partial charge on any atom is -0.301 e. The lowest BCUT2D eigenvalue weighted by Gasteiger charge is -2.08. The minimum atomic E-state index is -3.94. The number of nitro benzene ring substituents is 1. The summed E-state index contributed by atoms with van der Waals surface area (Å²) in [5, 5.41) is 14.2. The smallest absolute Gasteiger partial charge is 0.269 e. The minimum absolute atomic E-state index is 0.0279. The number of thioether (sulfide) groups is 1. The lowest BCUT2D eigenvalue weighted by atomic mass is 10.3. The molecule has 2 aromatic heterocycles. The number of sulfone groups is 1. The number of thiazole rings is 1. The number of carbonyl (C=O) groups excluding carboxylic acids is 1. The third-order valence-corrected chi connectivity index (χ3v) is 9.31. The van der Waals surface area contributed by atoms with Crippen molar-refractivity contribution in [3.8, 4) is 5.69 Å². The number of nitrogens with zero attached hydrogens (tertiary/aromatic N) is 4. The number of aromatic nitrogens is 3. The molecule has 0 aliphatic rings. The first-order chi connectivity index (χ1) is 17.8. The van der Waals surface area contributed by atoms with Gasteiger partial charge in [-0.15, -0.1) is 0 Å². The number of anilines is 1. The normalized spacial score (nSPS) is 11.5. The zero-order valence-corrected chi connectivity index (χ0v) is 21.3. The van der Waals surface area contributed by atoms with Gasteiger partial charge in [-0.2, -0.15) is 0 Å². The van der Waals surface area contributed by atoms with Crippen molar-refractivity contribution in [2.24, 2.45) is 0 Å². The molecule has 0 aliphatic carbocycles. The highest BCUT2D eigenvalue weighted by Gasteiger charge is 2.23. The SMILES string of the molecule is O=C(CSc1nc2ccccc2n1-c1ccccc1)Nc1ncc(S(=O)(=O)c2ccc([N+](=O)[O-])cc2)s1. The van der Waals surface area contributed by atoms with Gasteiger partial charge in [0.2, 0.25) is 15.7 Å². The molecule has 13 heteroatoms. The molecule has 0 unspecified atom stereocenters. The number of hydrogen-bond donors (Lipinski definition) is 1. The Bertz CT molecular complexity index is 1710. The van der Waals surface area contributed by atoms with Gasteiger partial charge in [-0.1, -0.05) is 53.4 Å². The van der Waals surface area contributed by atoms with Gasteiger partial charge in [0.05, 0.1) is 32.8 Å². The molecule has 3 aromatic carbocycles. The van der Waals surface area contributed by atoms with E-state index >= 15 is 0 Å². The number of carbonyl (C=O) groups is 1. The number of nitrogens with one attached hydrogen (secondary N) is 1. The third kappa shape index (κ3) is 5.09. The van der Waals surface area contributed by atoms with Crippen LogP contribution in [0.1, 0.15) is 0 Å². The fraction of sp³-hybridized carbons (Fsp3) is 0.0417. The van der Waals surface area contributed by atoms with E-state index in [1.54, 1.807) is 0 Å². The zero-order chi connectivity index (χ0) is 26.0. The highest BCUT2D eigenvalue weighted by molar-refractivity contribution is 7.99. The monoisotopic (exact) mass is 551 g/mol. The topological polar surface area (TPSA) is 137 Å². The Balaban J connectivity index is 1.30. The van der Waals surface area contributed by atoms with Crippen LogP contribution >= 0.6 is 23.1 Å². The van der Waals surface area contributed by atoms with Crippen molar-refractivity contribution in [1.82, 2.24) is 14.5 Å². The van der Waals surface area contributed by atoms with Crippen LogP contribution in [0, 0.1) is 10.1 Å². The van der Waals surface area contributed by atoms with Crippen LogP contribution in [0.2, 0.25) is 0 Å². The van der Waals surface area contributed by atoms with E-state index in [0.29, 0.717) is 5.16 Å². The number of hydrogen-bond acceptors (Lipinski definition) is 9. The Morgan fingerprint density at radius 1 is 1.03 bits per heavy atom. The quantitative estimate of drug-likeness (QED) is 0.162. The van der Waals surface area contributed by atoms with Crippen LogP contribution in [0.3, 0.4) is 0 Å². The van der Waals surface area contributed by atoms with E-state index in [4.69, 9.17) is 0 Å². The number of non-ortho nitro benzene ring substituents is 1. The van der Waals surface area contributed by atoms with Crippen LogP contribution in [-0.4, -0.2) is 39.5 Å². The van der Waals surface area contributed by atoms with Crippen LogP contribution in [0.4, 0.5) is 10.8 Å². The van der Waals surface area contributed by atoms with Crippen LogP contribution in [0.25, 0.3) is 16.7 Å². The second-order valence-corrected chi connectivity index (χ2v) is 11.8. The molecule has 0 bridgehead atoms. The Morgan fingerprint density at radius 3 is 2.46 bits per heavy atom. The Morgan fingerprint density at radius 2 is 1.73 bits per heavy atom. The van der Waals surface area contributed by atoms with Crippen molar-refractivity contribution >= 4 is 60.7 Å². The Labute approximate surface area is 219 Å². The predicted octanol–water partition coefficient (Wildman–Crippen LogP) is 4.95. The van der Waals surface area contributed by atoms with E-state index in [9.17, 15) is 23.3 Å². The van der Waals surface area contributed by atoms with Gasteiger partial charge in [-0.3, -0.25) is 19.5 Å². The number of imidazole rings is 1.